The minimum atomic E-state index is -0.168. The number of nitrogens with two attached hydrogens (primary N) is 1. The number of amides is 1. The average Bonchev–Trinajstić information content (AvgIpc) is 2.80. The van der Waals surface area contributed by atoms with Gasteiger partial charge in [-0.2, -0.15) is 0 Å². The van der Waals surface area contributed by atoms with E-state index in [0.717, 1.165) is 23.8 Å². The molecule has 114 valence electrons. The van der Waals surface area contributed by atoms with E-state index in [0.29, 0.717) is 32.8 Å². The number of fused-ring (bicyclic) bond motifs is 1. The first-order chi connectivity index (χ1) is 10.0. The average molecular weight is 328 g/mol. The van der Waals surface area contributed by atoms with Crippen molar-refractivity contribution in [3.8, 4) is 5.88 Å². The number of rotatable bonds is 5. The van der Waals surface area contributed by atoms with Crippen molar-refractivity contribution in [1.29, 1.82) is 0 Å². The summed E-state index contributed by atoms with van der Waals surface area (Å²) in [7, 11) is 1.51. The molecular formula is C14H18ClN3O2S. The number of unbranched alkanes of at least 4 members (excludes halogenated alkanes) is 1. The SMILES string of the molecule is CCCCNC(=O)c1sc2nc(OC)c(Cl)c(C)c2c1N. The molecule has 3 N–H and O–H groups in total. The first-order valence-electron chi connectivity index (χ1n) is 6.71. The molecule has 2 heterocycles. The number of carbonyl (C=O) groups is 1. The number of thiophene rings is 1. The first kappa shape index (κ1) is 15.9. The molecule has 0 aliphatic rings. The van der Waals surface area contributed by atoms with E-state index in [-0.39, 0.29) is 5.91 Å². The molecule has 0 aliphatic carbocycles. The summed E-state index contributed by atoms with van der Waals surface area (Å²) in [5.74, 6) is 0.180. The van der Waals surface area contributed by atoms with Gasteiger partial charge >= 0.3 is 0 Å². The second-order valence-electron chi connectivity index (χ2n) is 4.69. The summed E-state index contributed by atoms with van der Waals surface area (Å²) in [6, 6.07) is 0. The second kappa shape index (κ2) is 6.49. The maximum absolute atomic E-state index is 12.2. The summed E-state index contributed by atoms with van der Waals surface area (Å²) in [5, 5.41) is 4.02. The molecule has 2 aromatic heterocycles. The monoisotopic (exact) mass is 327 g/mol. The third-order valence-corrected chi connectivity index (χ3v) is 4.78. The Bertz CT molecular complexity index is 685. The van der Waals surface area contributed by atoms with Crippen molar-refractivity contribution in [1.82, 2.24) is 10.3 Å². The molecule has 0 spiro atoms. The molecule has 0 unspecified atom stereocenters. The molecule has 21 heavy (non-hydrogen) atoms. The number of nitrogens with zero attached hydrogens (tertiary/aromatic N) is 1. The molecule has 0 atom stereocenters. The van der Waals surface area contributed by atoms with Gasteiger partial charge in [0.05, 0.1) is 12.8 Å². The van der Waals surface area contributed by atoms with Gasteiger partial charge in [0.1, 0.15) is 14.7 Å². The number of hydrogen-bond donors (Lipinski definition) is 2. The third-order valence-electron chi connectivity index (χ3n) is 3.24. The number of carbonyl (C=O) groups excluding carboxylic acids is 1. The number of aryl methyl sites for hydroxylation is 1. The first-order valence-corrected chi connectivity index (χ1v) is 7.90. The Morgan fingerprint density at radius 2 is 2.24 bits per heavy atom. The molecule has 0 aliphatic heterocycles. The molecule has 5 nitrogen and oxygen atoms in total. The van der Waals surface area contributed by atoms with Crippen molar-refractivity contribution in [3.05, 3.63) is 15.5 Å². The summed E-state index contributed by atoms with van der Waals surface area (Å²) in [4.78, 5) is 17.6. The summed E-state index contributed by atoms with van der Waals surface area (Å²) in [5.41, 5.74) is 7.32. The van der Waals surface area contributed by atoms with Crippen molar-refractivity contribution in [3.63, 3.8) is 0 Å². The lowest BCUT2D eigenvalue weighted by molar-refractivity contribution is 0.0958. The Morgan fingerprint density at radius 1 is 1.52 bits per heavy atom. The van der Waals surface area contributed by atoms with Crippen LogP contribution in [-0.2, 0) is 0 Å². The van der Waals surface area contributed by atoms with Gasteiger partial charge in [-0.25, -0.2) is 4.98 Å². The van der Waals surface area contributed by atoms with Crippen LogP contribution in [0.15, 0.2) is 0 Å². The Morgan fingerprint density at radius 3 is 2.86 bits per heavy atom. The Balaban J connectivity index is 2.46. The van der Waals surface area contributed by atoms with Gasteiger partial charge in [-0.05, 0) is 18.9 Å². The number of nitrogens with one attached hydrogen (secondary N) is 1. The van der Waals surface area contributed by atoms with Crippen LogP contribution >= 0.6 is 22.9 Å². The van der Waals surface area contributed by atoms with Gasteiger partial charge in [-0.15, -0.1) is 11.3 Å². The fraction of sp³-hybridized carbons (Fsp3) is 0.429. The summed E-state index contributed by atoms with van der Waals surface area (Å²) in [6.45, 7) is 4.55. The van der Waals surface area contributed by atoms with E-state index in [4.69, 9.17) is 22.1 Å². The number of aromatic nitrogens is 1. The molecule has 0 bridgehead atoms. The fourth-order valence-corrected chi connectivity index (χ4v) is 3.32. The van der Waals surface area contributed by atoms with Crippen LogP contribution in [0, 0.1) is 6.92 Å². The van der Waals surface area contributed by atoms with Gasteiger partial charge in [0, 0.05) is 11.9 Å². The predicted molar refractivity (Wildman–Crippen MR) is 87.6 cm³/mol. The number of ether oxygens (including phenoxy) is 1. The van der Waals surface area contributed by atoms with Crippen molar-refractivity contribution < 1.29 is 9.53 Å². The quantitative estimate of drug-likeness (QED) is 0.825. The minimum Gasteiger partial charge on any atom is -0.480 e. The lowest BCUT2D eigenvalue weighted by atomic mass is 10.1. The number of hydrogen-bond acceptors (Lipinski definition) is 5. The van der Waals surface area contributed by atoms with Crippen molar-refractivity contribution in [2.75, 3.05) is 19.4 Å². The maximum Gasteiger partial charge on any atom is 0.263 e. The van der Waals surface area contributed by atoms with E-state index in [1.54, 1.807) is 0 Å². The zero-order valence-electron chi connectivity index (χ0n) is 12.2. The molecule has 0 fully saturated rings. The molecule has 7 heteroatoms. The molecule has 2 aromatic rings. The molecule has 1 amide bonds. The van der Waals surface area contributed by atoms with Crippen molar-refractivity contribution in [2.45, 2.75) is 26.7 Å². The highest BCUT2D eigenvalue weighted by atomic mass is 35.5. The van der Waals surface area contributed by atoms with Crippen molar-refractivity contribution >= 4 is 44.7 Å². The van der Waals surface area contributed by atoms with Crippen LogP contribution in [0.3, 0.4) is 0 Å². The number of anilines is 1. The van der Waals surface area contributed by atoms with Gasteiger partial charge < -0.3 is 15.8 Å². The third kappa shape index (κ3) is 2.91. The van der Waals surface area contributed by atoms with Crippen molar-refractivity contribution in [2.24, 2.45) is 0 Å². The zero-order chi connectivity index (χ0) is 15.6. The van der Waals surface area contributed by atoms with E-state index >= 15 is 0 Å². The molecule has 0 aromatic carbocycles. The van der Waals surface area contributed by atoms with E-state index in [2.05, 4.69) is 17.2 Å². The normalized spacial score (nSPS) is 10.9. The Labute approximate surface area is 132 Å². The molecular weight excluding hydrogens is 310 g/mol. The number of nitrogen functional groups attached to an aromatic ring is 1. The smallest absolute Gasteiger partial charge is 0.263 e. The van der Waals surface area contributed by atoms with E-state index in [1.807, 2.05) is 6.92 Å². The molecule has 0 radical (unpaired) electrons. The minimum absolute atomic E-state index is 0.168. The summed E-state index contributed by atoms with van der Waals surface area (Å²) >= 11 is 7.45. The topological polar surface area (TPSA) is 77.2 Å². The van der Waals surface area contributed by atoms with Gasteiger partial charge in [0.25, 0.3) is 5.91 Å². The lowest BCUT2D eigenvalue weighted by Crippen LogP contribution is -2.24. The van der Waals surface area contributed by atoms with Crippen LogP contribution < -0.4 is 15.8 Å². The lowest BCUT2D eigenvalue weighted by Gasteiger charge is -2.06. The summed E-state index contributed by atoms with van der Waals surface area (Å²) in [6.07, 6.45) is 1.96. The van der Waals surface area contributed by atoms with E-state index in [9.17, 15) is 4.79 Å². The van der Waals surface area contributed by atoms with Crippen LogP contribution in [0.4, 0.5) is 5.69 Å². The highest BCUT2D eigenvalue weighted by Gasteiger charge is 2.21. The maximum atomic E-state index is 12.2. The second-order valence-corrected chi connectivity index (χ2v) is 6.07. The zero-order valence-corrected chi connectivity index (χ0v) is 13.8. The van der Waals surface area contributed by atoms with E-state index in [1.165, 1.54) is 18.4 Å². The van der Waals surface area contributed by atoms with Gasteiger partial charge in [-0.1, -0.05) is 24.9 Å². The van der Waals surface area contributed by atoms with Gasteiger partial charge in [0.2, 0.25) is 5.88 Å². The van der Waals surface area contributed by atoms with E-state index < -0.39 is 0 Å². The standard InChI is InChI=1S/C14H18ClN3O2S/c1-4-5-6-17-12(19)11-10(16)8-7(2)9(15)13(20-3)18-14(8)21-11/h4-6,16H2,1-3H3,(H,17,19). The molecule has 2 rings (SSSR count). The number of halogens is 1. The Kier molecular flexibility index (Phi) is 4.90. The van der Waals surface area contributed by atoms with Crippen LogP contribution in [-0.4, -0.2) is 24.5 Å². The fourth-order valence-electron chi connectivity index (χ4n) is 2.05. The van der Waals surface area contributed by atoms with Crippen LogP contribution in [0.2, 0.25) is 5.02 Å². The Hall–Kier alpha value is -1.53. The van der Waals surface area contributed by atoms with Crippen LogP contribution in [0.5, 0.6) is 5.88 Å². The van der Waals surface area contributed by atoms with Crippen LogP contribution in [0.25, 0.3) is 10.2 Å². The molecule has 0 saturated heterocycles. The molecule has 0 saturated carbocycles. The highest BCUT2D eigenvalue weighted by Crippen LogP contribution is 2.40. The van der Waals surface area contributed by atoms with Crippen LogP contribution in [0.1, 0.15) is 35.0 Å². The highest BCUT2D eigenvalue weighted by molar-refractivity contribution is 7.21. The van der Waals surface area contributed by atoms with Gasteiger partial charge in [-0.3, -0.25) is 4.79 Å². The number of pyridine rings is 1. The van der Waals surface area contributed by atoms with Gasteiger partial charge in [0.15, 0.2) is 0 Å². The largest absolute Gasteiger partial charge is 0.480 e. The number of methoxy groups -OCH3 is 1. The summed E-state index contributed by atoms with van der Waals surface area (Å²) < 4.78 is 5.15. The predicted octanol–water partition coefficient (Wildman–Crippen LogP) is 3.38.